The first kappa shape index (κ1) is 18.5. The Kier molecular flexibility index (Phi) is 4.15. The Balaban J connectivity index is 1.90. The van der Waals surface area contributed by atoms with Crippen LogP contribution in [-0.2, 0) is 25.6 Å². The number of amides is 1. The molecule has 138 valence electrons. The lowest BCUT2D eigenvalue weighted by molar-refractivity contribution is -0.119. The molecule has 2 aromatic carbocycles. The SMILES string of the molecule is CC(C)(C)c1ccc(NS(=O)(=O)c2ccc3c(c2)C(C)(C)C(=O)N3)cc1. The summed E-state index contributed by atoms with van der Waals surface area (Å²) in [5.74, 6) is -0.132. The van der Waals surface area contributed by atoms with E-state index in [1.54, 1.807) is 38.1 Å². The van der Waals surface area contributed by atoms with E-state index in [-0.39, 0.29) is 16.2 Å². The van der Waals surface area contributed by atoms with Gasteiger partial charge in [0.05, 0.1) is 10.3 Å². The molecule has 1 aliphatic heterocycles. The topological polar surface area (TPSA) is 75.3 Å². The largest absolute Gasteiger partial charge is 0.325 e. The molecular formula is C20H24N2O3S. The molecule has 26 heavy (non-hydrogen) atoms. The Labute approximate surface area is 154 Å². The van der Waals surface area contributed by atoms with Crippen molar-refractivity contribution in [2.24, 2.45) is 0 Å². The van der Waals surface area contributed by atoms with Crippen molar-refractivity contribution in [1.29, 1.82) is 0 Å². The highest BCUT2D eigenvalue weighted by Crippen LogP contribution is 2.38. The second-order valence-electron chi connectivity index (χ2n) is 8.22. The molecule has 0 fully saturated rings. The number of anilines is 2. The third-order valence-electron chi connectivity index (χ3n) is 4.79. The standard InChI is InChI=1S/C20H24N2O3S/c1-19(2,3)13-6-8-14(9-7-13)22-26(24,25)15-10-11-17-16(12-15)20(4,5)18(23)21-17/h6-12,22H,1-5H3,(H,21,23). The first-order chi connectivity index (χ1) is 11.9. The highest BCUT2D eigenvalue weighted by Gasteiger charge is 2.39. The van der Waals surface area contributed by atoms with Gasteiger partial charge in [-0.2, -0.15) is 0 Å². The van der Waals surface area contributed by atoms with Gasteiger partial charge in [0.1, 0.15) is 0 Å². The lowest BCUT2D eigenvalue weighted by Crippen LogP contribution is -2.27. The summed E-state index contributed by atoms with van der Waals surface area (Å²) in [7, 11) is -3.74. The molecule has 6 heteroatoms. The first-order valence-corrected chi connectivity index (χ1v) is 9.99. The van der Waals surface area contributed by atoms with Crippen LogP contribution in [-0.4, -0.2) is 14.3 Å². The maximum absolute atomic E-state index is 12.8. The summed E-state index contributed by atoms with van der Waals surface area (Å²) in [4.78, 5) is 12.2. The molecule has 0 spiro atoms. The second kappa shape index (κ2) is 5.84. The van der Waals surface area contributed by atoms with Gasteiger partial charge in [0.15, 0.2) is 0 Å². The van der Waals surface area contributed by atoms with Gasteiger partial charge >= 0.3 is 0 Å². The third-order valence-corrected chi connectivity index (χ3v) is 6.17. The van der Waals surface area contributed by atoms with Gasteiger partial charge in [-0.1, -0.05) is 32.9 Å². The molecule has 1 amide bonds. The molecular weight excluding hydrogens is 348 g/mol. The number of hydrogen-bond acceptors (Lipinski definition) is 3. The van der Waals surface area contributed by atoms with Gasteiger partial charge in [0, 0.05) is 11.4 Å². The van der Waals surface area contributed by atoms with Gasteiger partial charge in [-0.3, -0.25) is 9.52 Å². The van der Waals surface area contributed by atoms with Gasteiger partial charge in [-0.25, -0.2) is 8.42 Å². The lowest BCUT2D eigenvalue weighted by Gasteiger charge is -2.19. The molecule has 0 saturated carbocycles. The zero-order chi connectivity index (χ0) is 19.3. The van der Waals surface area contributed by atoms with Crippen molar-refractivity contribution in [2.45, 2.75) is 50.3 Å². The number of carbonyl (C=O) groups is 1. The van der Waals surface area contributed by atoms with Crippen molar-refractivity contribution in [3.63, 3.8) is 0 Å². The molecule has 0 aliphatic carbocycles. The summed E-state index contributed by atoms with van der Waals surface area (Å²) < 4.78 is 28.1. The number of benzene rings is 2. The maximum Gasteiger partial charge on any atom is 0.261 e. The van der Waals surface area contributed by atoms with Crippen LogP contribution in [0.5, 0.6) is 0 Å². The van der Waals surface area contributed by atoms with E-state index < -0.39 is 15.4 Å². The molecule has 0 atom stereocenters. The fraction of sp³-hybridized carbons (Fsp3) is 0.350. The van der Waals surface area contributed by atoms with Crippen molar-refractivity contribution in [3.05, 3.63) is 53.6 Å². The van der Waals surface area contributed by atoms with Crippen LogP contribution >= 0.6 is 0 Å². The molecule has 1 aliphatic rings. The van der Waals surface area contributed by atoms with Gasteiger partial charge in [0.25, 0.3) is 10.0 Å². The molecule has 0 saturated heterocycles. The zero-order valence-electron chi connectivity index (χ0n) is 15.7. The van der Waals surface area contributed by atoms with E-state index >= 15 is 0 Å². The fourth-order valence-corrected chi connectivity index (χ4v) is 4.05. The number of carbonyl (C=O) groups excluding carboxylic acids is 1. The molecule has 0 aromatic heterocycles. The van der Waals surface area contributed by atoms with E-state index in [1.165, 1.54) is 6.07 Å². The predicted octanol–water partition coefficient (Wildman–Crippen LogP) is 4.01. The summed E-state index contributed by atoms with van der Waals surface area (Å²) in [6, 6.07) is 12.1. The van der Waals surface area contributed by atoms with E-state index in [1.807, 2.05) is 12.1 Å². The summed E-state index contributed by atoms with van der Waals surface area (Å²) in [5.41, 5.74) is 2.23. The van der Waals surface area contributed by atoms with Gasteiger partial charge in [0.2, 0.25) is 5.91 Å². The van der Waals surface area contributed by atoms with Crippen LogP contribution in [0.4, 0.5) is 11.4 Å². The van der Waals surface area contributed by atoms with Crippen LogP contribution in [0.25, 0.3) is 0 Å². The number of fused-ring (bicyclic) bond motifs is 1. The molecule has 1 heterocycles. The Bertz CT molecular complexity index is 969. The smallest absolute Gasteiger partial charge is 0.261 e. The minimum absolute atomic E-state index is 0.00249. The Morgan fingerprint density at radius 2 is 1.62 bits per heavy atom. The van der Waals surface area contributed by atoms with E-state index in [4.69, 9.17) is 0 Å². The van der Waals surface area contributed by atoms with Crippen LogP contribution in [0.3, 0.4) is 0 Å². The number of sulfonamides is 1. The number of hydrogen-bond donors (Lipinski definition) is 2. The average Bonchev–Trinajstić information content (AvgIpc) is 2.76. The third kappa shape index (κ3) is 3.21. The summed E-state index contributed by atoms with van der Waals surface area (Å²) in [6.07, 6.45) is 0. The van der Waals surface area contributed by atoms with Crippen molar-refractivity contribution < 1.29 is 13.2 Å². The lowest BCUT2D eigenvalue weighted by atomic mass is 9.86. The van der Waals surface area contributed by atoms with E-state index in [2.05, 4.69) is 30.8 Å². The Hall–Kier alpha value is -2.34. The van der Waals surface area contributed by atoms with Crippen LogP contribution in [0.2, 0.25) is 0 Å². The van der Waals surface area contributed by atoms with Crippen molar-refractivity contribution in [1.82, 2.24) is 0 Å². The van der Waals surface area contributed by atoms with Crippen molar-refractivity contribution in [3.8, 4) is 0 Å². The molecule has 3 rings (SSSR count). The molecule has 0 unspecified atom stereocenters. The van der Waals surface area contributed by atoms with Crippen LogP contribution in [0, 0.1) is 0 Å². The average molecular weight is 372 g/mol. The van der Waals surface area contributed by atoms with Crippen LogP contribution in [0.1, 0.15) is 45.7 Å². The Morgan fingerprint density at radius 1 is 1.00 bits per heavy atom. The molecule has 0 radical (unpaired) electrons. The van der Waals surface area contributed by atoms with Crippen molar-refractivity contribution >= 4 is 27.3 Å². The number of rotatable bonds is 3. The molecule has 2 aromatic rings. The quantitative estimate of drug-likeness (QED) is 0.855. The van der Waals surface area contributed by atoms with E-state index in [9.17, 15) is 13.2 Å². The minimum Gasteiger partial charge on any atom is -0.325 e. The second-order valence-corrected chi connectivity index (χ2v) is 9.90. The van der Waals surface area contributed by atoms with Gasteiger partial charge < -0.3 is 5.32 Å². The van der Waals surface area contributed by atoms with Crippen LogP contribution < -0.4 is 10.0 Å². The number of nitrogens with one attached hydrogen (secondary N) is 2. The Morgan fingerprint density at radius 3 is 2.19 bits per heavy atom. The van der Waals surface area contributed by atoms with Crippen LogP contribution in [0.15, 0.2) is 47.4 Å². The molecule has 0 bridgehead atoms. The first-order valence-electron chi connectivity index (χ1n) is 8.51. The van der Waals surface area contributed by atoms with Gasteiger partial charge in [-0.15, -0.1) is 0 Å². The van der Waals surface area contributed by atoms with Crippen molar-refractivity contribution in [2.75, 3.05) is 10.0 Å². The van der Waals surface area contributed by atoms with Gasteiger partial charge in [-0.05, 0) is 60.7 Å². The monoisotopic (exact) mass is 372 g/mol. The fourth-order valence-electron chi connectivity index (χ4n) is 2.97. The minimum atomic E-state index is -3.74. The highest BCUT2D eigenvalue weighted by atomic mass is 32.2. The van der Waals surface area contributed by atoms with E-state index in [0.29, 0.717) is 16.9 Å². The normalized spacial score (nSPS) is 16.1. The highest BCUT2D eigenvalue weighted by molar-refractivity contribution is 7.92. The van der Waals surface area contributed by atoms with E-state index in [0.717, 1.165) is 5.56 Å². The maximum atomic E-state index is 12.8. The molecule has 5 nitrogen and oxygen atoms in total. The summed E-state index contributed by atoms with van der Waals surface area (Å²) in [5, 5.41) is 2.78. The summed E-state index contributed by atoms with van der Waals surface area (Å²) >= 11 is 0. The molecule has 2 N–H and O–H groups in total. The zero-order valence-corrected chi connectivity index (χ0v) is 16.5. The summed E-state index contributed by atoms with van der Waals surface area (Å²) in [6.45, 7) is 9.88. The predicted molar refractivity (Wildman–Crippen MR) is 104 cm³/mol.